The first kappa shape index (κ1) is 14.2. The zero-order valence-electron chi connectivity index (χ0n) is 10.8. The third-order valence-electron chi connectivity index (χ3n) is 3.06. The maximum absolute atomic E-state index is 12.6. The molecule has 0 saturated carbocycles. The summed E-state index contributed by atoms with van der Waals surface area (Å²) in [5, 5.41) is 2.46. The first-order valence-corrected chi connectivity index (χ1v) is 5.82. The number of nitrogens with one attached hydrogen (secondary N) is 1. The molecule has 20 heavy (non-hydrogen) atoms. The standard InChI is InChI=1S/C12H13F3N4O/c1-6(10(20)17-2)19-9-4-3-7(12(13,14)15)5-8(9)18-11(19)16/h3-6H,1-2H3,(H2,16,18)(H,17,20). The Bertz CT molecular complexity index is 663. The highest BCUT2D eigenvalue weighted by atomic mass is 19.4. The molecule has 0 radical (unpaired) electrons. The van der Waals surface area contributed by atoms with Crippen LogP contribution in [0.2, 0.25) is 0 Å². The molecule has 0 spiro atoms. The van der Waals surface area contributed by atoms with E-state index in [1.54, 1.807) is 6.92 Å². The van der Waals surface area contributed by atoms with Gasteiger partial charge in [0, 0.05) is 7.05 Å². The van der Waals surface area contributed by atoms with Crippen molar-refractivity contribution in [1.82, 2.24) is 14.9 Å². The lowest BCUT2D eigenvalue weighted by Crippen LogP contribution is -2.28. The average Bonchev–Trinajstić information content (AvgIpc) is 2.70. The van der Waals surface area contributed by atoms with E-state index in [0.717, 1.165) is 12.1 Å². The molecule has 0 bridgehead atoms. The van der Waals surface area contributed by atoms with Crippen LogP contribution in [0.4, 0.5) is 19.1 Å². The maximum Gasteiger partial charge on any atom is 0.416 e. The number of carbonyl (C=O) groups is 1. The molecule has 1 unspecified atom stereocenters. The summed E-state index contributed by atoms with van der Waals surface area (Å²) < 4.78 is 39.3. The number of fused-ring (bicyclic) bond motifs is 1. The molecular formula is C12H13F3N4O. The van der Waals surface area contributed by atoms with E-state index in [1.807, 2.05) is 0 Å². The van der Waals surface area contributed by atoms with Gasteiger partial charge in [-0.05, 0) is 25.1 Å². The van der Waals surface area contributed by atoms with Gasteiger partial charge >= 0.3 is 6.18 Å². The Morgan fingerprint density at radius 3 is 2.65 bits per heavy atom. The molecule has 3 N–H and O–H groups in total. The second-order valence-corrected chi connectivity index (χ2v) is 4.33. The van der Waals surface area contributed by atoms with Crippen LogP contribution in [0.1, 0.15) is 18.5 Å². The van der Waals surface area contributed by atoms with Crippen molar-refractivity contribution in [1.29, 1.82) is 0 Å². The SMILES string of the molecule is CNC(=O)C(C)n1c(N)nc2cc(C(F)(F)F)ccc21. The number of aromatic nitrogens is 2. The summed E-state index contributed by atoms with van der Waals surface area (Å²) in [6, 6.07) is 2.46. The molecule has 5 nitrogen and oxygen atoms in total. The van der Waals surface area contributed by atoms with Crippen molar-refractivity contribution in [3.05, 3.63) is 23.8 Å². The topological polar surface area (TPSA) is 72.9 Å². The van der Waals surface area contributed by atoms with Crippen LogP contribution in [0.3, 0.4) is 0 Å². The minimum absolute atomic E-state index is 0.00424. The van der Waals surface area contributed by atoms with Crippen molar-refractivity contribution >= 4 is 22.9 Å². The molecule has 0 saturated heterocycles. The number of amides is 1. The summed E-state index contributed by atoms with van der Waals surface area (Å²) in [6.45, 7) is 1.59. The molecule has 2 rings (SSSR count). The number of anilines is 1. The molecule has 1 atom stereocenters. The number of imidazole rings is 1. The van der Waals surface area contributed by atoms with E-state index in [4.69, 9.17) is 5.73 Å². The smallest absolute Gasteiger partial charge is 0.369 e. The van der Waals surface area contributed by atoms with Gasteiger partial charge in [-0.2, -0.15) is 13.2 Å². The van der Waals surface area contributed by atoms with Gasteiger partial charge in [0.25, 0.3) is 0 Å². The second-order valence-electron chi connectivity index (χ2n) is 4.33. The van der Waals surface area contributed by atoms with E-state index < -0.39 is 17.8 Å². The number of likely N-dealkylation sites (N-methyl/N-ethyl adjacent to an activating group) is 1. The predicted octanol–water partition coefficient (Wildman–Crippen LogP) is 1.94. The monoisotopic (exact) mass is 286 g/mol. The van der Waals surface area contributed by atoms with Crippen molar-refractivity contribution in [2.24, 2.45) is 0 Å². The Kier molecular flexibility index (Phi) is 3.33. The van der Waals surface area contributed by atoms with Crippen LogP contribution in [0.5, 0.6) is 0 Å². The van der Waals surface area contributed by atoms with Crippen LogP contribution in [-0.4, -0.2) is 22.5 Å². The summed E-state index contributed by atoms with van der Waals surface area (Å²) in [6.07, 6.45) is -4.45. The van der Waals surface area contributed by atoms with Crippen molar-refractivity contribution < 1.29 is 18.0 Å². The van der Waals surface area contributed by atoms with Crippen LogP contribution < -0.4 is 11.1 Å². The Hall–Kier alpha value is -2.25. The highest BCUT2D eigenvalue weighted by molar-refractivity contribution is 5.85. The summed E-state index contributed by atoms with van der Waals surface area (Å²) >= 11 is 0. The lowest BCUT2D eigenvalue weighted by molar-refractivity contribution is -0.137. The first-order chi connectivity index (χ1) is 9.25. The first-order valence-electron chi connectivity index (χ1n) is 5.82. The number of nitrogens with zero attached hydrogens (tertiary/aromatic N) is 2. The minimum atomic E-state index is -4.45. The summed E-state index contributed by atoms with van der Waals surface area (Å²) in [4.78, 5) is 15.5. The third-order valence-corrected chi connectivity index (χ3v) is 3.06. The third kappa shape index (κ3) is 2.28. The lowest BCUT2D eigenvalue weighted by Gasteiger charge is -2.14. The van der Waals surface area contributed by atoms with E-state index in [0.29, 0.717) is 5.52 Å². The van der Waals surface area contributed by atoms with Gasteiger partial charge < -0.3 is 11.1 Å². The van der Waals surface area contributed by atoms with E-state index in [1.165, 1.54) is 17.7 Å². The number of nitrogen functional groups attached to an aromatic ring is 1. The van der Waals surface area contributed by atoms with E-state index in [9.17, 15) is 18.0 Å². The number of benzene rings is 1. The molecule has 108 valence electrons. The van der Waals surface area contributed by atoms with E-state index >= 15 is 0 Å². The number of halogens is 3. The molecule has 1 heterocycles. The number of hydrogen-bond donors (Lipinski definition) is 2. The van der Waals surface area contributed by atoms with Crippen LogP contribution in [0.15, 0.2) is 18.2 Å². The number of hydrogen-bond acceptors (Lipinski definition) is 3. The fraction of sp³-hybridized carbons (Fsp3) is 0.333. The molecule has 2 aromatic rings. The van der Waals surface area contributed by atoms with Gasteiger partial charge in [-0.3, -0.25) is 9.36 Å². The number of rotatable bonds is 2. The molecular weight excluding hydrogens is 273 g/mol. The van der Waals surface area contributed by atoms with Crippen LogP contribution >= 0.6 is 0 Å². The molecule has 0 fully saturated rings. The fourth-order valence-electron chi connectivity index (χ4n) is 2.03. The highest BCUT2D eigenvalue weighted by Crippen LogP contribution is 2.32. The Balaban J connectivity index is 2.59. The molecule has 0 aliphatic rings. The van der Waals surface area contributed by atoms with Crippen molar-refractivity contribution in [2.45, 2.75) is 19.1 Å². The molecule has 0 aliphatic carbocycles. The van der Waals surface area contributed by atoms with Crippen LogP contribution in [0, 0.1) is 0 Å². The summed E-state index contributed by atoms with van der Waals surface area (Å²) in [5.41, 5.74) is 5.38. The quantitative estimate of drug-likeness (QED) is 0.886. The second kappa shape index (κ2) is 4.69. The molecule has 1 aromatic heterocycles. The number of carbonyl (C=O) groups excluding carboxylic acids is 1. The van der Waals surface area contributed by atoms with Gasteiger partial charge in [0.15, 0.2) is 0 Å². The number of alkyl halides is 3. The zero-order valence-corrected chi connectivity index (χ0v) is 10.8. The summed E-state index contributed by atoms with van der Waals surface area (Å²) in [7, 11) is 1.47. The van der Waals surface area contributed by atoms with Gasteiger partial charge in [0.05, 0.1) is 16.6 Å². The molecule has 8 heteroatoms. The highest BCUT2D eigenvalue weighted by Gasteiger charge is 2.31. The maximum atomic E-state index is 12.6. The van der Waals surface area contributed by atoms with Gasteiger partial charge in [-0.15, -0.1) is 0 Å². The molecule has 1 amide bonds. The normalized spacial score (nSPS) is 13.4. The zero-order chi connectivity index (χ0) is 15.1. The Labute approximate surface area is 112 Å². The lowest BCUT2D eigenvalue weighted by atomic mass is 10.2. The van der Waals surface area contributed by atoms with Crippen molar-refractivity contribution in [3.8, 4) is 0 Å². The average molecular weight is 286 g/mol. The summed E-state index contributed by atoms with van der Waals surface area (Å²) in [5.74, 6) is -0.314. The number of nitrogens with two attached hydrogens (primary N) is 1. The van der Waals surface area contributed by atoms with Crippen molar-refractivity contribution in [2.75, 3.05) is 12.8 Å². The van der Waals surface area contributed by atoms with Crippen LogP contribution in [0.25, 0.3) is 11.0 Å². The van der Waals surface area contributed by atoms with Crippen LogP contribution in [-0.2, 0) is 11.0 Å². The Morgan fingerprint density at radius 2 is 2.10 bits per heavy atom. The minimum Gasteiger partial charge on any atom is -0.369 e. The van der Waals surface area contributed by atoms with E-state index in [2.05, 4.69) is 10.3 Å². The largest absolute Gasteiger partial charge is 0.416 e. The van der Waals surface area contributed by atoms with Crippen molar-refractivity contribution in [3.63, 3.8) is 0 Å². The van der Waals surface area contributed by atoms with Gasteiger partial charge in [0.2, 0.25) is 11.9 Å². The van der Waals surface area contributed by atoms with Gasteiger partial charge in [0.1, 0.15) is 6.04 Å². The molecule has 0 aliphatic heterocycles. The van der Waals surface area contributed by atoms with Gasteiger partial charge in [-0.1, -0.05) is 0 Å². The van der Waals surface area contributed by atoms with Gasteiger partial charge in [-0.25, -0.2) is 4.98 Å². The predicted molar refractivity (Wildman–Crippen MR) is 67.9 cm³/mol. The molecule has 1 aromatic carbocycles. The van der Waals surface area contributed by atoms with E-state index in [-0.39, 0.29) is 17.4 Å². The fourth-order valence-corrected chi connectivity index (χ4v) is 2.03. The Morgan fingerprint density at radius 1 is 1.45 bits per heavy atom.